The predicted octanol–water partition coefficient (Wildman–Crippen LogP) is 3.54. The van der Waals surface area contributed by atoms with Gasteiger partial charge < -0.3 is 37.3 Å². The van der Waals surface area contributed by atoms with Gasteiger partial charge in [0.05, 0.1) is 11.1 Å². The van der Waals surface area contributed by atoms with Gasteiger partial charge in [0.1, 0.15) is 17.1 Å². The number of H-pyrrole nitrogens is 1. The maximum Gasteiger partial charge on any atom is 0.344 e. The van der Waals surface area contributed by atoms with Gasteiger partial charge in [-0.15, -0.1) is 0 Å². The van der Waals surface area contributed by atoms with Crippen molar-refractivity contribution in [2.75, 3.05) is 20.1 Å². The number of likely N-dealkylation sites (N-methyl/N-ethyl adjacent to an activating group) is 1. The molecule has 13 nitrogen and oxygen atoms in total. The van der Waals surface area contributed by atoms with Crippen LogP contribution in [0.5, 0.6) is 0 Å². The van der Waals surface area contributed by atoms with E-state index in [0.29, 0.717) is 70.4 Å². The number of aromatic amines is 1. The zero-order chi connectivity index (χ0) is 38.9. The summed E-state index contributed by atoms with van der Waals surface area (Å²) in [6.07, 6.45) is 9.56. The lowest BCUT2D eigenvalue weighted by Gasteiger charge is -2.32. The van der Waals surface area contributed by atoms with Gasteiger partial charge in [-0.25, -0.2) is 14.8 Å². The van der Waals surface area contributed by atoms with Crippen LogP contribution < -0.4 is 33.1 Å². The Kier molecular flexibility index (Phi) is 13.5. The Morgan fingerprint density at radius 2 is 1.65 bits per heavy atom. The minimum atomic E-state index is -0.945. The van der Waals surface area contributed by atoms with Crippen molar-refractivity contribution in [3.05, 3.63) is 111 Å². The van der Waals surface area contributed by atoms with Gasteiger partial charge in [0.2, 0.25) is 17.7 Å². The molecule has 1 aliphatic heterocycles. The van der Waals surface area contributed by atoms with E-state index in [9.17, 15) is 19.2 Å². The maximum atomic E-state index is 14.6. The van der Waals surface area contributed by atoms with Crippen molar-refractivity contribution in [3.63, 3.8) is 0 Å². The number of nitrogens with two attached hydrogens (primary N) is 2. The van der Waals surface area contributed by atoms with Crippen LogP contribution in [0.3, 0.4) is 0 Å². The van der Waals surface area contributed by atoms with Crippen LogP contribution in [0.1, 0.15) is 54.4 Å². The van der Waals surface area contributed by atoms with Crippen molar-refractivity contribution < 1.29 is 14.4 Å². The molecule has 4 aromatic rings. The summed E-state index contributed by atoms with van der Waals surface area (Å²) in [6.45, 7) is 1.02. The van der Waals surface area contributed by atoms with Crippen LogP contribution >= 0.6 is 23.4 Å². The molecular weight excluding hydrogens is 738 g/mol. The van der Waals surface area contributed by atoms with Gasteiger partial charge in [0.25, 0.3) is 0 Å². The molecule has 0 saturated heterocycles. The molecule has 3 atom stereocenters. The number of aromatic nitrogens is 3. The van der Waals surface area contributed by atoms with Crippen molar-refractivity contribution in [2.45, 2.75) is 79.7 Å². The molecule has 3 heterocycles. The van der Waals surface area contributed by atoms with Gasteiger partial charge in [0.15, 0.2) is 0 Å². The first-order valence-electron chi connectivity index (χ1n) is 18.4. The third-order valence-electron chi connectivity index (χ3n) is 10.0. The fraction of sp³-hybridized carbons (Fsp3) is 0.350. The van der Waals surface area contributed by atoms with Gasteiger partial charge >= 0.3 is 5.69 Å². The molecule has 2 aromatic heterocycles. The second-order valence-electron chi connectivity index (χ2n) is 13.6. The molecule has 2 aliphatic rings. The first-order chi connectivity index (χ1) is 26.7. The van der Waals surface area contributed by atoms with Crippen LogP contribution in [0.4, 0.5) is 0 Å². The summed E-state index contributed by atoms with van der Waals surface area (Å²) in [6, 6.07) is 12.8. The van der Waals surface area contributed by atoms with E-state index >= 15 is 0 Å². The highest BCUT2D eigenvalue weighted by atomic mass is 35.5. The minimum Gasteiger partial charge on any atom is -0.350 e. The second-order valence-corrected chi connectivity index (χ2v) is 15.0. The van der Waals surface area contributed by atoms with E-state index in [0.717, 1.165) is 28.7 Å². The van der Waals surface area contributed by atoms with Gasteiger partial charge in [-0.1, -0.05) is 65.8 Å². The summed E-state index contributed by atoms with van der Waals surface area (Å²) in [4.78, 5) is 68.3. The van der Waals surface area contributed by atoms with Crippen LogP contribution in [0.25, 0.3) is 16.7 Å². The summed E-state index contributed by atoms with van der Waals surface area (Å²) in [5.41, 5.74) is 17.2. The monoisotopic (exact) mass is 783 g/mol. The number of allylic oxidation sites excluding steroid dienone is 1. The Hall–Kier alpha value is -4.86. The molecule has 0 unspecified atom stereocenters. The normalized spacial score (nSPS) is 19.4. The summed E-state index contributed by atoms with van der Waals surface area (Å²) >= 11 is 8.29. The van der Waals surface area contributed by atoms with Crippen molar-refractivity contribution in [3.8, 4) is 11.1 Å². The summed E-state index contributed by atoms with van der Waals surface area (Å²) in [7, 11) is 1.61. The number of benzene rings is 2. The standard InChI is InChI=1S/C40H46ClN9O4S/c1-50-34(19-25-13-12-24-7-2-3-9-28(24)25)37(52)46-23-30-29(27-21-47-40(54)48-22-27)14-15-31(41)35(30)55-38-26(8-6-18-44-38)20-45-32(10-4-16-42)36(51)49-33(39(50)53)11-5-17-43/h2-3,6-9,13-15,18,21-22,32-34,45H,4-5,10-12,16-17,19-20,23,42-43H2,1H3,(H,46,52)(H,49,51)(H,47,48,54)/t32-,33-,34-/m0/s1. The molecule has 0 spiro atoms. The molecule has 3 amide bonds. The molecule has 2 aromatic carbocycles. The van der Waals surface area contributed by atoms with E-state index in [1.807, 2.05) is 36.4 Å². The van der Waals surface area contributed by atoms with Crippen LogP contribution in [-0.4, -0.2) is 75.8 Å². The number of rotatable bonds is 9. The molecule has 0 bridgehead atoms. The summed E-state index contributed by atoms with van der Waals surface area (Å²) in [5, 5.41) is 10.6. The molecule has 6 rings (SSSR count). The number of hydrogen-bond acceptors (Lipinski definition) is 10. The van der Waals surface area contributed by atoms with Crippen LogP contribution in [0.2, 0.25) is 5.02 Å². The average Bonchev–Trinajstić information content (AvgIpc) is 3.61. The molecule has 0 radical (unpaired) electrons. The van der Waals surface area contributed by atoms with E-state index < -0.39 is 35.6 Å². The number of pyridine rings is 1. The van der Waals surface area contributed by atoms with Crippen LogP contribution in [0, 0.1) is 0 Å². The highest BCUT2D eigenvalue weighted by molar-refractivity contribution is 7.99. The van der Waals surface area contributed by atoms with Gasteiger partial charge in [-0.05, 0) is 90.7 Å². The Bertz CT molecular complexity index is 2110. The Labute approximate surface area is 329 Å². The zero-order valence-electron chi connectivity index (χ0n) is 30.6. The number of nitrogens with one attached hydrogen (secondary N) is 4. The molecule has 0 saturated carbocycles. The Morgan fingerprint density at radius 3 is 2.42 bits per heavy atom. The average molecular weight is 784 g/mol. The Balaban J connectivity index is 1.46. The quantitative estimate of drug-likeness (QED) is 0.146. The van der Waals surface area contributed by atoms with Crippen molar-refractivity contribution in [2.24, 2.45) is 11.5 Å². The van der Waals surface area contributed by atoms with E-state index in [2.05, 4.69) is 38.1 Å². The van der Waals surface area contributed by atoms with Crippen LogP contribution in [0.15, 0.2) is 87.9 Å². The molecule has 1 aliphatic carbocycles. The number of hydrogen-bond donors (Lipinski definition) is 6. The second kappa shape index (κ2) is 18.7. The largest absolute Gasteiger partial charge is 0.350 e. The minimum absolute atomic E-state index is 0.0271. The van der Waals surface area contributed by atoms with Crippen LogP contribution in [-0.2, 0) is 33.9 Å². The van der Waals surface area contributed by atoms with Gasteiger partial charge in [0, 0.05) is 55.6 Å². The number of amides is 3. The Morgan fingerprint density at radius 1 is 0.891 bits per heavy atom. The summed E-state index contributed by atoms with van der Waals surface area (Å²) < 4.78 is 0. The van der Waals surface area contributed by atoms with E-state index in [1.165, 1.54) is 22.9 Å². The lowest BCUT2D eigenvalue weighted by molar-refractivity contribution is -0.142. The first kappa shape index (κ1) is 39.8. The number of halogens is 1. The fourth-order valence-corrected chi connectivity index (χ4v) is 8.32. The molecule has 0 fully saturated rings. The number of fused-ring (bicyclic) bond motifs is 3. The molecular formula is C40H46ClN9O4S. The number of carbonyl (C=O) groups is 3. The third-order valence-corrected chi connectivity index (χ3v) is 11.7. The first-order valence-corrected chi connectivity index (χ1v) is 19.6. The van der Waals surface area contributed by atoms with E-state index in [1.54, 1.807) is 25.5 Å². The summed E-state index contributed by atoms with van der Waals surface area (Å²) in [5.74, 6) is -1.14. The third kappa shape index (κ3) is 9.51. The molecule has 288 valence electrons. The SMILES string of the molecule is CN1C(=O)[C@H](CCCN)NC(=O)[C@H](CCCN)NCc2cccnc2Sc2c(Cl)ccc(-c3cnc(=O)[nH]c3)c2CNC(=O)[C@@H]1CC1=CCc2ccccc21. The topological polar surface area (TPSA) is 201 Å². The maximum absolute atomic E-state index is 14.6. The van der Waals surface area contributed by atoms with Crippen molar-refractivity contribution in [1.82, 2.24) is 35.8 Å². The highest BCUT2D eigenvalue weighted by Crippen LogP contribution is 2.41. The van der Waals surface area contributed by atoms with E-state index in [4.69, 9.17) is 28.1 Å². The van der Waals surface area contributed by atoms with Crippen molar-refractivity contribution in [1.29, 1.82) is 0 Å². The fourth-order valence-electron chi connectivity index (χ4n) is 6.98. The smallest absolute Gasteiger partial charge is 0.344 e. The number of carbonyl (C=O) groups excluding carboxylic acids is 3. The molecule has 15 heteroatoms. The highest BCUT2D eigenvalue weighted by Gasteiger charge is 2.35. The zero-order valence-corrected chi connectivity index (χ0v) is 32.2. The van der Waals surface area contributed by atoms with Crippen molar-refractivity contribution >= 4 is 46.7 Å². The molecule has 55 heavy (non-hydrogen) atoms. The molecule has 8 N–H and O–H groups in total. The number of nitrogens with zero attached hydrogens (tertiary/aromatic N) is 3. The van der Waals surface area contributed by atoms with Gasteiger partial charge in [-0.3, -0.25) is 14.4 Å². The lowest BCUT2D eigenvalue weighted by Crippen LogP contribution is -2.56. The van der Waals surface area contributed by atoms with Gasteiger partial charge in [-0.2, -0.15) is 0 Å². The lowest BCUT2D eigenvalue weighted by atomic mass is 9.97. The predicted molar refractivity (Wildman–Crippen MR) is 214 cm³/mol. The van der Waals surface area contributed by atoms with E-state index in [-0.39, 0.29) is 25.4 Å².